The minimum absolute atomic E-state index is 0.102. The van der Waals surface area contributed by atoms with Crippen molar-refractivity contribution < 1.29 is 14.3 Å². The number of benzene rings is 1. The van der Waals surface area contributed by atoms with E-state index < -0.39 is 0 Å². The van der Waals surface area contributed by atoms with Crippen molar-refractivity contribution in [3.63, 3.8) is 0 Å². The normalized spacial score (nSPS) is 23.9. The fourth-order valence-corrected chi connectivity index (χ4v) is 3.88. The molecule has 0 saturated carbocycles. The molecule has 1 saturated heterocycles. The number of rotatable bonds is 4. The highest BCUT2D eigenvalue weighted by Gasteiger charge is 2.38. The number of allylic oxidation sites excluding steroid dienone is 1. The van der Waals surface area contributed by atoms with Gasteiger partial charge in [-0.2, -0.15) is 0 Å². The molecule has 3 rings (SSSR count). The van der Waals surface area contributed by atoms with Crippen LogP contribution in [-0.2, 0) is 11.2 Å². The van der Waals surface area contributed by atoms with Gasteiger partial charge in [-0.1, -0.05) is 5.57 Å². The highest BCUT2D eigenvalue weighted by atomic mass is 16.5. The maximum atomic E-state index is 12.5. The van der Waals surface area contributed by atoms with Crippen LogP contribution in [0.25, 0.3) is 0 Å². The average molecular weight is 315 g/mol. The van der Waals surface area contributed by atoms with Gasteiger partial charge < -0.3 is 9.47 Å². The highest BCUT2D eigenvalue weighted by molar-refractivity contribution is 5.83. The van der Waals surface area contributed by atoms with Gasteiger partial charge in [-0.25, -0.2) is 0 Å². The molecule has 0 aromatic heterocycles. The Balaban J connectivity index is 1.90. The monoisotopic (exact) mass is 315 g/mol. The first-order chi connectivity index (χ1) is 11.0. The Morgan fingerprint density at radius 1 is 1.30 bits per heavy atom. The summed E-state index contributed by atoms with van der Waals surface area (Å²) in [6.07, 6.45) is 2.38. The second kappa shape index (κ2) is 6.36. The number of nitrogens with zero attached hydrogens (tertiary/aromatic N) is 1. The summed E-state index contributed by atoms with van der Waals surface area (Å²) in [4.78, 5) is 15.0. The Bertz CT molecular complexity index is 638. The molecule has 1 aromatic rings. The van der Waals surface area contributed by atoms with E-state index in [-0.39, 0.29) is 12.0 Å². The van der Waals surface area contributed by atoms with E-state index in [1.165, 1.54) is 11.1 Å². The summed E-state index contributed by atoms with van der Waals surface area (Å²) in [7, 11) is 3.31. The van der Waals surface area contributed by atoms with Crippen LogP contribution in [0.3, 0.4) is 0 Å². The van der Waals surface area contributed by atoms with Crippen molar-refractivity contribution in [3.05, 3.63) is 35.4 Å². The van der Waals surface area contributed by atoms with E-state index in [9.17, 15) is 4.79 Å². The van der Waals surface area contributed by atoms with Crippen LogP contribution in [0, 0.1) is 5.92 Å². The van der Waals surface area contributed by atoms with Gasteiger partial charge in [0.05, 0.1) is 14.2 Å². The van der Waals surface area contributed by atoms with Gasteiger partial charge in [-0.3, -0.25) is 9.69 Å². The van der Waals surface area contributed by atoms with E-state index in [1.54, 1.807) is 14.2 Å². The molecule has 0 amide bonds. The molecule has 23 heavy (non-hydrogen) atoms. The van der Waals surface area contributed by atoms with Crippen molar-refractivity contribution >= 4 is 5.78 Å². The van der Waals surface area contributed by atoms with E-state index in [1.807, 2.05) is 6.92 Å². The molecule has 0 aliphatic carbocycles. The first kappa shape index (κ1) is 16.1. The van der Waals surface area contributed by atoms with Gasteiger partial charge in [0.25, 0.3) is 0 Å². The van der Waals surface area contributed by atoms with Crippen LogP contribution in [0.5, 0.6) is 11.5 Å². The number of fused-ring (bicyclic) bond motifs is 3. The van der Waals surface area contributed by atoms with Crippen LogP contribution >= 0.6 is 0 Å². The van der Waals surface area contributed by atoms with E-state index in [0.717, 1.165) is 43.0 Å². The Morgan fingerprint density at radius 2 is 2.00 bits per heavy atom. The molecule has 0 spiro atoms. The number of hydrogen-bond acceptors (Lipinski definition) is 4. The van der Waals surface area contributed by atoms with Crippen LogP contribution in [0.1, 0.15) is 36.9 Å². The zero-order chi connectivity index (χ0) is 16.6. The minimum Gasteiger partial charge on any atom is -0.493 e. The maximum Gasteiger partial charge on any atom is 0.161 e. The van der Waals surface area contributed by atoms with Gasteiger partial charge in [-0.05, 0) is 43.0 Å². The molecule has 0 bridgehead atoms. The molecular formula is C19H25NO3. The molecule has 2 aliphatic rings. The Hall–Kier alpha value is -1.81. The summed E-state index contributed by atoms with van der Waals surface area (Å²) >= 11 is 0. The quantitative estimate of drug-likeness (QED) is 0.800. The number of hydrogen-bond donors (Lipinski definition) is 0. The first-order valence-corrected chi connectivity index (χ1v) is 8.19. The third-order valence-corrected chi connectivity index (χ3v) is 5.01. The van der Waals surface area contributed by atoms with Crippen molar-refractivity contribution in [2.45, 2.75) is 32.2 Å². The number of piperidine rings is 1. The minimum atomic E-state index is 0.102. The van der Waals surface area contributed by atoms with Crippen LogP contribution in [0.4, 0.5) is 0 Å². The van der Waals surface area contributed by atoms with Crippen molar-refractivity contribution in [2.24, 2.45) is 5.92 Å². The number of ketones is 1. The molecule has 0 N–H and O–H groups in total. The summed E-state index contributed by atoms with van der Waals surface area (Å²) < 4.78 is 10.8. The Labute approximate surface area is 138 Å². The summed E-state index contributed by atoms with van der Waals surface area (Å²) in [5, 5.41) is 0. The number of methoxy groups -OCH3 is 2. The molecule has 0 radical (unpaired) electrons. The molecule has 1 fully saturated rings. The lowest BCUT2D eigenvalue weighted by Crippen LogP contribution is -2.46. The molecule has 2 heterocycles. The van der Waals surface area contributed by atoms with E-state index in [0.29, 0.717) is 12.2 Å². The predicted octanol–water partition coefficient (Wildman–Crippen LogP) is 3.16. The van der Waals surface area contributed by atoms with Crippen molar-refractivity contribution in [3.8, 4) is 11.5 Å². The fourth-order valence-electron chi connectivity index (χ4n) is 3.88. The summed E-state index contributed by atoms with van der Waals surface area (Å²) in [5.74, 6) is 1.97. The van der Waals surface area contributed by atoms with Gasteiger partial charge in [0, 0.05) is 31.5 Å². The van der Waals surface area contributed by atoms with Crippen LogP contribution in [-0.4, -0.2) is 38.0 Å². The molecule has 0 unspecified atom stereocenters. The lowest BCUT2D eigenvalue weighted by molar-refractivity contribution is -0.128. The van der Waals surface area contributed by atoms with Gasteiger partial charge in [-0.15, -0.1) is 6.58 Å². The van der Waals surface area contributed by atoms with E-state index in [4.69, 9.17) is 9.47 Å². The fraction of sp³-hybridized carbons (Fsp3) is 0.526. The van der Waals surface area contributed by atoms with E-state index in [2.05, 4.69) is 23.6 Å². The number of carbonyl (C=O) groups is 1. The summed E-state index contributed by atoms with van der Waals surface area (Å²) in [6.45, 7) is 7.80. The molecular weight excluding hydrogens is 290 g/mol. The van der Waals surface area contributed by atoms with Crippen molar-refractivity contribution in [1.29, 1.82) is 0 Å². The number of carbonyl (C=O) groups excluding carboxylic acids is 1. The lowest BCUT2D eigenvalue weighted by Gasteiger charge is -2.43. The summed E-state index contributed by atoms with van der Waals surface area (Å²) in [6, 6.07) is 4.29. The number of Topliss-reactive ketones (excluding diaryl/α,β-unsaturated/α-hetero) is 1. The average Bonchev–Trinajstić information content (AvgIpc) is 2.53. The second-order valence-corrected chi connectivity index (χ2v) is 6.70. The SMILES string of the molecule is C=C(C)C[C@H]1CN2CCc3cc(OC)c(OC)cc3[C@@H]2CC1=O. The number of ether oxygens (including phenoxy) is 2. The largest absolute Gasteiger partial charge is 0.493 e. The second-order valence-electron chi connectivity index (χ2n) is 6.70. The van der Waals surface area contributed by atoms with Crippen LogP contribution in [0.15, 0.2) is 24.3 Å². The molecule has 1 aromatic carbocycles. The van der Waals surface area contributed by atoms with Gasteiger partial charge in [0.2, 0.25) is 0 Å². The molecule has 2 aliphatic heterocycles. The Kier molecular flexibility index (Phi) is 4.44. The maximum absolute atomic E-state index is 12.5. The third kappa shape index (κ3) is 3.00. The predicted molar refractivity (Wildman–Crippen MR) is 90.1 cm³/mol. The summed E-state index contributed by atoms with van der Waals surface area (Å²) in [5.41, 5.74) is 3.58. The molecule has 4 nitrogen and oxygen atoms in total. The zero-order valence-electron chi connectivity index (χ0n) is 14.2. The molecule has 124 valence electrons. The molecule has 4 heteroatoms. The van der Waals surface area contributed by atoms with Gasteiger partial charge in [0.1, 0.15) is 5.78 Å². The van der Waals surface area contributed by atoms with Crippen LogP contribution in [0.2, 0.25) is 0 Å². The van der Waals surface area contributed by atoms with Crippen LogP contribution < -0.4 is 9.47 Å². The molecule has 2 atom stereocenters. The standard InChI is InChI=1S/C19H25NO3/c1-12(2)7-14-11-20-6-5-13-8-18(22-3)19(23-4)9-15(13)16(20)10-17(14)21/h8-9,14,16H,1,5-7,10-11H2,2-4H3/t14-,16-/m0/s1. The topological polar surface area (TPSA) is 38.8 Å². The Morgan fingerprint density at radius 3 is 2.65 bits per heavy atom. The first-order valence-electron chi connectivity index (χ1n) is 8.19. The van der Waals surface area contributed by atoms with Gasteiger partial charge >= 0.3 is 0 Å². The van der Waals surface area contributed by atoms with Crippen molar-refractivity contribution in [1.82, 2.24) is 4.90 Å². The smallest absolute Gasteiger partial charge is 0.161 e. The highest BCUT2D eigenvalue weighted by Crippen LogP contribution is 2.42. The third-order valence-electron chi connectivity index (χ3n) is 5.01. The van der Waals surface area contributed by atoms with Crippen molar-refractivity contribution in [2.75, 3.05) is 27.3 Å². The van der Waals surface area contributed by atoms with E-state index >= 15 is 0 Å². The zero-order valence-corrected chi connectivity index (χ0v) is 14.2. The lowest BCUT2D eigenvalue weighted by atomic mass is 9.81. The van der Waals surface area contributed by atoms with Gasteiger partial charge in [0.15, 0.2) is 11.5 Å².